The Kier molecular flexibility index (Phi) is 2.45. The number of para-hydroxylation sites is 2. The first-order valence-electron chi connectivity index (χ1n) is 7.11. The Balaban J connectivity index is 1.71. The molecule has 6 heteroatoms. The average Bonchev–Trinajstić information content (AvgIpc) is 3.07. The molecular weight excluding hydrogens is 256 g/mol. The highest BCUT2D eigenvalue weighted by Crippen LogP contribution is 2.45. The smallest absolute Gasteiger partial charge is 0.461 e. The van der Waals surface area contributed by atoms with Crippen molar-refractivity contribution >= 4 is 17.0 Å². The summed E-state index contributed by atoms with van der Waals surface area (Å²) in [5.41, 5.74) is 0.643. The van der Waals surface area contributed by atoms with Gasteiger partial charge in [-0.3, -0.25) is 5.32 Å². The highest BCUT2D eigenvalue weighted by Gasteiger charge is 2.42. The number of rotatable bonds is 2. The van der Waals surface area contributed by atoms with Gasteiger partial charge in [-0.15, -0.1) is 0 Å². The van der Waals surface area contributed by atoms with Crippen molar-refractivity contribution in [2.45, 2.75) is 31.7 Å². The second kappa shape index (κ2) is 4.19. The molecule has 2 fully saturated rings. The lowest BCUT2D eigenvalue weighted by Gasteiger charge is -2.20. The van der Waals surface area contributed by atoms with E-state index in [1.165, 1.54) is 19.3 Å². The summed E-state index contributed by atoms with van der Waals surface area (Å²) in [6, 6.07) is 7.00. The van der Waals surface area contributed by atoms with E-state index < -0.39 is 0 Å². The SMILES string of the molecule is [O-][n+]1nc(N[C@@H]2C[C@H]3CC[C@@H]2C3)[n+]([O-])c2ccccc21. The van der Waals surface area contributed by atoms with E-state index in [0.29, 0.717) is 21.8 Å². The van der Waals surface area contributed by atoms with Crippen LogP contribution in [0.5, 0.6) is 0 Å². The van der Waals surface area contributed by atoms with Gasteiger partial charge in [0, 0.05) is 10.9 Å². The predicted molar refractivity (Wildman–Crippen MR) is 72.5 cm³/mol. The molecule has 1 aromatic heterocycles. The minimum Gasteiger partial charge on any atom is -0.739 e. The maximum Gasteiger partial charge on any atom is 0.461 e. The zero-order chi connectivity index (χ0) is 13.7. The molecule has 0 saturated heterocycles. The molecule has 104 valence electrons. The van der Waals surface area contributed by atoms with Crippen LogP contribution in [0.4, 0.5) is 5.95 Å². The number of hydrogen-bond acceptors (Lipinski definition) is 4. The third-order valence-corrected chi connectivity index (χ3v) is 4.74. The van der Waals surface area contributed by atoms with Crippen LogP contribution in [-0.4, -0.2) is 11.1 Å². The Morgan fingerprint density at radius 1 is 1.10 bits per heavy atom. The van der Waals surface area contributed by atoms with Crippen LogP contribution in [0.2, 0.25) is 0 Å². The molecule has 2 saturated carbocycles. The van der Waals surface area contributed by atoms with Gasteiger partial charge in [-0.2, -0.15) is 0 Å². The third-order valence-electron chi connectivity index (χ3n) is 4.74. The van der Waals surface area contributed by atoms with Gasteiger partial charge in [0.2, 0.25) is 5.10 Å². The normalized spacial score (nSPS) is 28.1. The highest BCUT2D eigenvalue weighted by molar-refractivity contribution is 5.67. The van der Waals surface area contributed by atoms with Gasteiger partial charge in [0.15, 0.2) is 5.52 Å². The molecule has 20 heavy (non-hydrogen) atoms. The van der Waals surface area contributed by atoms with Crippen molar-refractivity contribution in [1.29, 1.82) is 0 Å². The van der Waals surface area contributed by atoms with E-state index in [2.05, 4.69) is 10.4 Å². The monoisotopic (exact) mass is 272 g/mol. The molecule has 4 rings (SSSR count). The highest BCUT2D eigenvalue weighted by atomic mass is 16.5. The Hall–Kier alpha value is -2.11. The van der Waals surface area contributed by atoms with Crippen LogP contribution in [0.3, 0.4) is 0 Å². The van der Waals surface area contributed by atoms with Crippen LogP contribution >= 0.6 is 0 Å². The fraction of sp³-hybridized carbons (Fsp3) is 0.500. The second-order valence-electron chi connectivity index (χ2n) is 5.91. The molecular formula is C14H16N4O2. The molecule has 0 unspecified atom stereocenters. The van der Waals surface area contributed by atoms with Gasteiger partial charge < -0.3 is 10.4 Å². The molecule has 2 bridgehead atoms. The molecule has 0 aliphatic heterocycles. The van der Waals surface area contributed by atoms with Gasteiger partial charge in [0.25, 0.3) is 5.52 Å². The summed E-state index contributed by atoms with van der Waals surface area (Å²) in [7, 11) is 0. The van der Waals surface area contributed by atoms with E-state index in [0.717, 1.165) is 17.1 Å². The lowest BCUT2D eigenvalue weighted by atomic mass is 9.95. The molecule has 6 nitrogen and oxygen atoms in total. The van der Waals surface area contributed by atoms with Gasteiger partial charge in [0.1, 0.15) is 0 Å². The summed E-state index contributed by atoms with van der Waals surface area (Å²) >= 11 is 0. The Bertz CT molecular complexity index is 676. The summed E-state index contributed by atoms with van der Waals surface area (Å²) < 4.78 is 0.732. The predicted octanol–water partition coefficient (Wildman–Crippen LogP) is 1.10. The molecule has 2 aliphatic rings. The zero-order valence-electron chi connectivity index (χ0n) is 11.0. The van der Waals surface area contributed by atoms with Crippen molar-refractivity contribution < 1.29 is 9.58 Å². The van der Waals surface area contributed by atoms with Crippen LogP contribution in [0.15, 0.2) is 24.3 Å². The van der Waals surface area contributed by atoms with E-state index in [9.17, 15) is 10.4 Å². The van der Waals surface area contributed by atoms with Gasteiger partial charge >= 0.3 is 5.95 Å². The largest absolute Gasteiger partial charge is 0.739 e. The van der Waals surface area contributed by atoms with Crippen molar-refractivity contribution in [3.63, 3.8) is 0 Å². The number of nitrogens with zero attached hydrogens (tertiary/aromatic N) is 3. The lowest BCUT2D eigenvalue weighted by Crippen LogP contribution is -2.46. The molecule has 3 atom stereocenters. The fourth-order valence-corrected chi connectivity index (χ4v) is 3.77. The summed E-state index contributed by atoms with van der Waals surface area (Å²) in [6.07, 6.45) is 4.83. The number of hydrogen-bond donors (Lipinski definition) is 1. The van der Waals surface area contributed by atoms with Crippen LogP contribution in [0, 0.1) is 22.3 Å². The molecule has 1 aromatic carbocycles. The van der Waals surface area contributed by atoms with Crippen LogP contribution in [-0.2, 0) is 0 Å². The van der Waals surface area contributed by atoms with E-state index in [1.807, 2.05) is 0 Å². The van der Waals surface area contributed by atoms with Gasteiger partial charge in [0.05, 0.1) is 6.04 Å². The van der Waals surface area contributed by atoms with Crippen LogP contribution in [0.25, 0.3) is 11.0 Å². The molecule has 1 heterocycles. The fourth-order valence-electron chi connectivity index (χ4n) is 3.77. The molecule has 0 spiro atoms. The first-order valence-corrected chi connectivity index (χ1v) is 7.11. The van der Waals surface area contributed by atoms with E-state index in [-0.39, 0.29) is 12.0 Å². The van der Waals surface area contributed by atoms with Gasteiger partial charge in [-0.05, 0) is 43.6 Å². The lowest BCUT2D eigenvalue weighted by molar-refractivity contribution is -0.672. The Morgan fingerprint density at radius 2 is 1.90 bits per heavy atom. The van der Waals surface area contributed by atoms with E-state index >= 15 is 0 Å². The van der Waals surface area contributed by atoms with Crippen molar-refractivity contribution in [3.05, 3.63) is 34.7 Å². The quantitative estimate of drug-likeness (QED) is 0.656. The third kappa shape index (κ3) is 1.67. The zero-order valence-corrected chi connectivity index (χ0v) is 11.0. The summed E-state index contributed by atoms with van der Waals surface area (Å²) in [5, 5.41) is 31.3. The summed E-state index contributed by atoms with van der Waals surface area (Å²) in [6.45, 7) is 0. The Labute approximate surface area is 116 Å². The minimum absolute atomic E-state index is 0.122. The summed E-state index contributed by atoms with van der Waals surface area (Å²) in [5.74, 6) is 1.52. The second-order valence-corrected chi connectivity index (χ2v) is 5.91. The van der Waals surface area contributed by atoms with Crippen molar-refractivity contribution in [2.75, 3.05) is 5.32 Å². The maximum atomic E-state index is 12.3. The van der Waals surface area contributed by atoms with Crippen molar-refractivity contribution in [3.8, 4) is 0 Å². The number of anilines is 1. The first-order chi connectivity index (χ1) is 9.72. The minimum atomic E-state index is 0.122. The average molecular weight is 272 g/mol. The van der Waals surface area contributed by atoms with Crippen LogP contribution in [0.1, 0.15) is 25.7 Å². The van der Waals surface area contributed by atoms with Gasteiger partial charge in [-0.25, -0.2) is 4.73 Å². The maximum absolute atomic E-state index is 12.3. The molecule has 1 N–H and O–H groups in total. The number of fused-ring (bicyclic) bond motifs is 3. The van der Waals surface area contributed by atoms with E-state index in [1.54, 1.807) is 24.3 Å². The number of aromatic nitrogens is 3. The molecule has 2 aromatic rings. The van der Waals surface area contributed by atoms with E-state index in [4.69, 9.17) is 0 Å². The number of nitrogens with one attached hydrogen (secondary N) is 1. The summed E-state index contributed by atoms with van der Waals surface area (Å²) in [4.78, 5) is 0.527. The van der Waals surface area contributed by atoms with Crippen LogP contribution < -0.4 is 14.9 Å². The number of benzene rings is 1. The van der Waals surface area contributed by atoms with Crippen molar-refractivity contribution in [2.24, 2.45) is 11.8 Å². The first kappa shape index (κ1) is 11.7. The molecule has 0 radical (unpaired) electrons. The van der Waals surface area contributed by atoms with Gasteiger partial charge in [-0.1, -0.05) is 12.1 Å². The Morgan fingerprint density at radius 3 is 2.60 bits per heavy atom. The molecule has 0 amide bonds. The topological polar surface area (TPSA) is 78.8 Å². The molecule has 2 aliphatic carbocycles. The van der Waals surface area contributed by atoms with Crippen molar-refractivity contribution in [1.82, 2.24) is 5.10 Å². The standard InChI is InChI=1S/C14H16N4O2/c19-17-12-3-1-2-4-13(12)18(20)16-14(17)15-11-8-9-5-6-10(11)7-9/h1-4,9-11H,5-8H2,(H,15,16)/t9-,10+,11+/m0/s1.